The minimum absolute atomic E-state index is 0.0124. The molecule has 166 valence electrons. The van der Waals surface area contributed by atoms with E-state index in [0.717, 1.165) is 5.57 Å². The number of esters is 1. The lowest BCUT2D eigenvalue weighted by Gasteiger charge is -2.26. The van der Waals surface area contributed by atoms with Gasteiger partial charge in [-0.2, -0.15) is 4.31 Å². The highest BCUT2D eigenvalue weighted by molar-refractivity contribution is 7.89. The third-order valence-corrected chi connectivity index (χ3v) is 6.43. The molecule has 9 nitrogen and oxygen atoms in total. The van der Waals surface area contributed by atoms with E-state index in [2.05, 4.69) is 6.58 Å². The van der Waals surface area contributed by atoms with Gasteiger partial charge in [0, 0.05) is 26.2 Å². The van der Waals surface area contributed by atoms with Gasteiger partial charge < -0.3 is 19.1 Å². The highest BCUT2D eigenvalue weighted by Crippen LogP contribution is 2.28. The Balaban J connectivity index is 2.18. The SMILES string of the molecule is C=C(C)CN(CC)C(=O)COC(=O)c1ccc(OC)c(S(=O)(=O)N2CCOCC2)c1. The summed E-state index contributed by atoms with van der Waals surface area (Å²) in [5.74, 6) is -1.04. The average Bonchev–Trinajstić information content (AvgIpc) is 2.75. The van der Waals surface area contributed by atoms with Crippen molar-refractivity contribution in [3.8, 4) is 5.75 Å². The van der Waals surface area contributed by atoms with E-state index in [1.165, 1.54) is 34.5 Å². The first kappa shape index (κ1) is 23.8. The smallest absolute Gasteiger partial charge is 0.338 e. The van der Waals surface area contributed by atoms with Crippen LogP contribution in [0.5, 0.6) is 5.75 Å². The van der Waals surface area contributed by atoms with Gasteiger partial charge in [0.2, 0.25) is 10.0 Å². The molecule has 0 spiro atoms. The molecule has 0 radical (unpaired) electrons. The monoisotopic (exact) mass is 440 g/mol. The lowest BCUT2D eigenvalue weighted by atomic mass is 10.2. The Morgan fingerprint density at radius 2 is 1.93 bits per heavy atom. The first-order valence-corrected chi connectivity index (χ1v) is 11.0. The quantitative estimate of drug-likeness (QED) is 0.421. The number of hydrogen-bond acceptors (Lipinski definition) is 7. The van der Waals surface area contributed by atoms with Crippen molar-refractivity contribution < 1.29 is 32.2 Å². The van der Waals surface area contributed by atoms with E-state index in [1.807, 2.05) is 6.92 Å². The molecule has 0 N–H and O–H groups in total. The third-order valence-electron chi connectivity index (χ3n) is 4.51. The fourth-order valence-electron chi connectivity index (χ4n) is 2.94. The van der Waals surface area contributed by atoms with Crippen LogP contribution in [0, 0.1) is 0 Å². The second-order valence-corrected chi connectivity index (χ2v) is 8.73. The standard InChI is InChI=1S/C20H28N2O7S/c1-5-21(13-15(2)3)19(23)14-29-20(24)16-6-7-17(27-4)18(12-16)30(25,26)22-8-10-28-11-9-22/h6-7,12H,2,5,8-11,13-14H2,1,3-4H3. The number of sulfonamides is 1. The number of likely N-dealkylation sites (N-methyl/N-ethyl adjacent to an activating group) is 1. The molecule has 1 heterocycles. The Hall–Kier alpha value is -2.43. The Morgan fingerprint density at radius 1 is 1.27 bits per heavy atom. The maximum Gasteiger partial charge on any atom is 0.338 e. The van der Waals surface area contributed by atoms with Gasteiger partial charge in [-0.25, -0.2) is 13.2 Å². The van der Waals surface area contributed by atoms with Gasteiger partial charge in [0.25, 0.3) is 5.91 Å². The molecular weight excluding hydrogens is 412 g/mol. The fourth-order valence-corrected chi connectivity index (χ4v) is 4.52. The number of benzene rings is 1. The molecule has 1 amide bonds. The number of amides is 1. The van der Waals surface area contributed by atoms with Crippen LogP contribution in [0.25, 0.3) is 0 Å². The topological polar surface area (TPSA) is 102 Å². The number of ether oxygens (including phenoxy) is 3. The summed E-state index contributed by atoms with van der Waals surface area (Å²) in [6.07, 6.45) is 0. The molecule has 1 saturated heterocycles. The minimum atomic E-state index is -3.89. The predicted molar refractivity (Wildman–Crippen MR) is 110 cm³/mol. The van der Waals surface area contributed by atoms with Crippen LogP contribution in [-0.2, 0) is 24.3 Å². The molecule has 30 heavy (non-hydrogen) atoms. The average molecular weight is 441 g/mol. The number of carbonyl (C=O) groups excluding carboxylic acids is 2. The van der Waals surface area contributed by atoms with Crippen LogP contribution in [0.3, 0.4) is 0 Å². The first-order valence-electron chi connectivity index (χ1n) is 9.56. The number of nitrogens with zero attached hydrogens (tertiary/aromatic N) is 2. The van der Waals surface area contributed by atoms with Crippen LogP contribution in [0.2, 0.25) is 0 Å². The van der Waals surface area contributed by atoms with E-state index in [9.17, 15) is 18.0 Å². The Labute approximate surface area is 177 Å². The molecule has 0 aromatic heterocycles. The molecule has 1 aliphatic rings. The summed E-state index contributed by atoms with van der Waals surface area (Å²) < 4.78 is 42.8. The molecule has 1 aliphatic heterocycles. The largest absolute Gasteiger partial charge is 0.495 e. The highest BCUT2D eigenvalue weighted by atomic mass is 32.2. The molecule has 0 unspecified atom stereocenters. The lowest BCUT2D eigenvalue weighted by Crippen LogP contribution is -2.40. The maximum absolute atomic E-state index is 13.0. The van der Waals surface area contributed by atoms with Gasteiger partial charge in [-0.1, -0.05) is 12.2 Å². The van der Waals surface area contributed by atoms with Crippen molar-refractivity contribution >= 4 is 21.9 Å². The van der Waals surface area contributed by atoms with Gasteiger partial charge in [-0.15, -0.1) is 0 Å². The van der Waals surface area contributed by atoms with E-state index in [1.54, 1.807) is 6.92 Å². The minimum Gasteiger partial charge on any atom is -0.495 e. The predicted octanol–water partition coefficient (Wildman–Crippen LogP) is 1.30. The zero-order valence-corrected chi connectivity index (χ0v) is 18.4. The summed E-state index contributed by atoms with van der Waals surface area (Å²) in [5, 5.41) is 0. The van der Waals surface area contributed by atoms with Crippen molar-refractivity contribution in [2.45, 2.75) is 18.7 Å². The van der Waals surface area contributed by atoms with Gasteiger partial charge in [-0.3, -0.25) is 4.79 Å². The van der Waals surface area contributed by atoms with Crippen molar-refractivity contribution in [3.05, 3.63) is 35.9 Å². The third kappa shape index (κ3) is 5.80. The Bertz CT molecular complexity index is 892. The van der Waals surface area contributed by atoms with Crippen molar-refractivity contribution in [1.82, 2.24) is 9.21 Å². The zero-order valence-electron chi connectivity index (χ0n) is 17.5. The molecule has 10 heteroatoms. The van der Waals surface area contributed by atoms with Gasteiger partial charge in [0.05, 0.1) is 25.9 Å². The number of rotatable bonds is 9. The number of methoxy groups -OCH3 is 1. The molecule has 0 atom stereocenters. The Morgan fingerprint density at radius 3 is 2.50 bits per heavy atom. The summed E-state index contributed by atoms with van der Waals surface area (Å²) >= 11 is 0. The van der Waals surface area contributed by atoms with E-state index in [-0.39, 0.29) is 35.2 Å². The summed E-state index contributed by atoms with van der Waals surface area (Å²) in [5.41, 5.74) is 0.822. The van der Waals surface area contributed by atoms with Crippen LogP contribution < -0.4 is 4.74 Å². The van der Waals surface area contributed by atoms with E-state index >= 15 is 0 Å². The number of hydrogen-bond donors (Lipinski definition) is 0. The van der Waals surface area contributed by atoms with Gasteiger partial charge >= 0.3 is 5.97 Å². The second-order valence-electron chi connectivity index (χ2n) is 6.82. The number of morpholine rings is 1. The van der Waals surface area contributed by atoms with E-state index < -0.39 is 22.6 Å². The van der Waals surface area contributed by atoms with Gasteiger partial charge in [0.1, 0.15) is 10.6 Å². The molecule has 1 aromatic rings. The van der Waals surface area contributed by atoms with Crippen LogP contribution in [0.1, 0.15) is 24.2 Å². The number of carbonyl (C=O) groups is 2. The zero-order chi connectivity index (χ0) is 22.3. The molecule has 1 fully saturated rings. The molecule has 0 saturated carbocycles. The van der Waals surface area contributed by atoms with Gasteiger partial charge in [0.15, 0.2) is 6.61 Å². The van der Waals surface area contributed by atoms with Gasteiger partial charge in [-0.05, 0) is 32.0 Å². The van der Waals surface area contributed by atoms with Crippen molar-refractivity contribution in [2.24, 2.45) is 0 Å². The molecule has 0 aliphatic carbocycles. The van der Waals surface area contributed by atoms with Crippen LogP contribution >= 0.6 is 0 Å². The molecular formula is C20H28N2O7S. The molecule has 2 rings (SSSR count). The van der Waals surface area contributed by atoms with Crippen LogP contribution in [0.15, 0.2) is 35.2 Å². The van der Waals surface area contributed by atoms with Crippen molar-refractivity contribution in [2.75, 3.05) is 53.1 Å². The van der Waals surface area contributed by atoms with Crippen molar-refractivity contribution in [1.29, 1.82) is 0 Å². The normalized spacial score (nSPS) is 14.8. The summed E-state index contributed by atoms with van der Waals surface area (Å²) in [4.78, 5) is 26.1. The fraction of sp³-hybridized carbons (Fsp3) is 0.500. The molecule has 0 bridgehead atoms. The van der Waals surface area contributed by atoms with Crippen LogP contribution in [-0.4, -0.2) is 82.6 Å². The van der Waals surface area contributed by atoms with E-state index in [0.29, 0.717) is 26.3 Å². The molecule has 1 aromatic carbocycles. The maximum atomic E-state index is 13.0. The second kappa shape index (κ2) is 10.6. The van der Waals surface area contributed by atoms with Crippen LogP contribution in [0.4, 0.5) is 0 Å². The summed E-state index contributed by atoms with van der Waals surface area (Å²) in [7, 11) is -2.53. The lowest BCUT2D eigenvalue weighted by molar-refractivity contribution is -0.133. The summed E-state index contributed by atoms with van der Waals surface area (Å²) in [6.45, 7) is 8.78. The van der Waals surface area contributed by atoms with E-state index in [4.69, 9.17) is 14.2 Å². The van der Waals surface area contributed by atoms with Crippen molar-refractivity contribution in [3.63, 3.8) is 0 Å². The highest BCUT2D eigenvalue weighted by Gasteiger charge is 2.30. The first-order chi connectivity index (χ1) is 14.2. The Kier molecular flexibility index (Phi) is 8.39. The summed E-state index contributed by atoms with van der Waals surface area (Å²) in [6, 6.07) is 4.00.